The lowest BCUT2D eigenvalue weighted by atomic mass is 10.0. The topological polar surface area (TPSA) is 41.5 Å². The fourth-order valence-corrected chi connectivity index (χ4v) is 3.15. The van der Waals surface area contributed by atoms with Gasteiger partial charge in [-0.1, -0.05) is 29.3 Å². The Bertz CT molecular complexity index is 675. The number of phenols is 1. The molecular formula is C16H15Cl2NO2. The van der Waals surface area contributed by atoms with Crippen LogP contribution in [0.2, 0.25) is 10.0 Å². The minimum absolute atomic E-state index is 0.0584. The zero-order chi connectivity index (χ0) is 15.0. The summed E-state index contributed by atoms with van der Waals surface area (Å²) in [6.45, 7) is 2.59. The van der Waals surface area contributed by atoms with E-state index in [1.165, 1.54) is 0 Å². The molecule has 1 aliphatic heterocycles. The average Bonchev–Trinajstić information content (AvgIpc) is 2.80. The molecule has 2 N–H and O–H groups in total. The van der Waals surface area contributed by atoms with Gasteiger partial charge in [0, 0.05) is 27.7 Å². The molecule has 0 aromatic heterocycles. The summed E-state index contributed by atoms with van der Waals surface area (Å²) in [5.41, 5.74) is 2.04. The van der Waals surface area contributed by atoms with Gasteiger partial charge in [-0.05, 0) is 36.8 Å². The Hall–Kier alpha value is -1.42. The molecule has 3 rings (SSSR count). The fraction of sp³-hybridized carbons (Fsp3) is 0.250. The van der Waals surface area contributed by atoms with E-state index in [9.17, 15) is 5.11 Å². The molecule has 2 aromatic carbocycles. The number of hydrogen-bond acceptors (Lipinski definition) is 3. The largest absolute Gasteiger partial charge is 0.508 e. The van der Waals surface area contributed by atoms with Crippen LogP contribution < -0.4 is 10.1 Å². The first-order valence-corrected chi connectivity index (χ1v) is 7.47. The van der Waals surface area contributed by atoms with Gasteiger partial charge in [-0.15, -0.1) is 0 Å². The second-order valence-electron chi connectivity index (χ2n) is 5.14. The maximum absolute atomic E-state index is 9.47. The van der Waals surface area contributed by atoms with Gasteiger partial charge in [-0.25, -0.2) is 0 Å². The van der Waals surface area contributed by atoms with Crippen molar-refractivity contribution in [3.8, 4) is 11.5 Å². The van der Waals surface area contributed by atoms with Crippen LogP contribution in [0.5, 0.6) is 11.5 Å². The lowest BCUT2D eigenvalue weighted by Crippen LogP contribution is -2.25. The molecule has 0 saturated heterocycles. The molecule has 5 heteroatoms. The molecule has 1 heterocycles. The van der Waals surface area contributed by atoms with Crippen molar-refractivity contribution in [3.05, 3.63) is 57.6 Å². The van der Waals surface area contributed by atoms with Crippen molar-refractivity contribution in [1.82, 2.24) is 5.32 Å². The molecule has 21 heavy (non-hydrogen) atoms. The monoisotopic (exact) mass is 323 g/mol. The molecule has 0 spiro atoms. The van der Waals surface area contributed by atoms with Gasteiger partial charge in [0.1, 0.15) is 18.1 Å². The fourth-order valence-electron chi connectivity index (χ4n) is 2.58. The van der Waals surface area contributed by atoms with Gasteiger partial charge in [-0.2, -0.15) is 0 Å². The number of halogens is 2. The van der Waals surface area contributed by atoms with Gasteiger partial charge in [-0.3, -0.25) is 0 Å². The number of benzene rings is 2. The predicted molar refractivity (Wildman–Crippen MR) is 84.4 cm³/mol. The second kappa shape index (κ2) is 5.76. The van der Waals surface area contributed by atoms with Crippen molar-refractivity contribution in [3.63, 3.8) is 0 Å². The Morgan fingerprint density at radius 1 is 1.24 bits per heavy atom. The molecule has 2 unspecified atom stereocenters. The first-order valence-electron chi connectivity index (χ1n) is 6.71. The molecular weight excluding hydrogens is 309 g/mol. The van der Waals surface area contributed by atoms with Crippen molar-refractivity contribution in [2.75, 3.05) is 6.61 Å². The normalized spacial score (nSPS) is 18.1. The maximum Gasteiger partial charge on any atom is 0.127 e. The number of fused-ring (bicyclic) bond motifs is 1. The standard InChI is InChI=1S/C16H15Cl2NO2/c1-9(12-4-2-10(17)6-14(12)18)19-15-8-21-16-7-11(20)3-5-13(15)16/h2-7,9,15,19-20H,8H2,1H3. The van der Waals surface area contributed by atoms with Crippen LogP contribution in [0.25, 0.3) is 0 Å². The second-order valence-corrected chi connectivity index (χ2v) is 5.98. The van der Waals surface area contributed by atoms with Crippen LogP contribution in [-0.4, -0.2) is 11.7 Å². The van der Waals surface area contributed by atoms with Crippen LogP contribution in [0, 0.1) is 0 Å². The third-order valence-corrected chi connectivity index (χ3v) is 4.22. The van der Waals surface area contributed by atoms with E-state index in [1.807, 2.05) is 25.1 Å². The highest BCUT2D eigenvalue weighted by Crippen LogP contribution is 2.36. The van der Waals surface area contributed by atoms with E-state index < -0.39 is 0 Å². The molecule has 0 amide bonds. The van der Waals surface area contributed by atoms with Crippen LogP contribution in [0.15, 0.2) is 36.4 Å². The van der Waals surface area contributed by atoms with E-state index in [0.29, 0.717) is 16.7 Å². The molecule has 1 aliphatic rings. The quantitative estimate of drug-likeness (QED) is 0.874. The SMILES string of the molecule is CC(NC1COc2cc(O)ccc21)c1ccc(Cl)cc1Cl. The Balaban J connectivity index is 1.79. The molecule has 110 valence electrons. The highest BCUT2D eigenvalue weighted by Gasteiger charge is 2.26. The number of rotatable bonds is 3. The van der Waals surface area contributed by atoms with E-state index in [0.717, 1.165) is 16.9 Å². The van der Waals surface area contributed by atoms with E-state index in [1.54, 1.807) is 18.2 Å². The highest BCUT2D eigenvalue weighted by atomic mass is 35.5. The Morgan fingerprint density at radius 2 is 2.05 bits per heavy atom. The van der Waals surface area contributed by atoms with Gasteiger partial charge in [0.05, 0.1) is 6.04 Å². The minimum Gasteiger partial charge on any atom is -0.508 e. The van der Waals surface area contributed by atoms with Gasteiger partial charge in [0.2, 0.25) is 0 Å². The van der Waals surface area contributed by atoms with Crippen LogP contribution in [0.1, 0.15) is 30.1 Å². The number of aromatic hydroxyl groups is 1. The summed E-state index contributed by atoms with van der Waals surface area (Å²) >= 11 is 12.2. The molecule has 0 fully saturated rings. The van der Waals surface area contributed by atoms with Gasteiger partial charge >= 0.3 is 0 Å². The summed E-state index contributed by atoms with van der Waals surface area (Å²) in [5, 5.41) is 14.2. The van der Waals surface area contributed by atoms with E-state index in [2.05, 4.69) is 5.32 Å². The molecule has 2 atom stereocenters. The summed E-state index contributed by atoms with van der Waals surface area (Å²) in [6, 6.07) is 10.8. The van der Waals surface area contributed by atoms with Crippen LogP contribution in [-0.2, 0) is 0 Å². The molecule has 0 bridgehead atoms. The summed E-state index contributed by atoms with van der Waals surface area (Å²) in [4.78, 5) is 0. The van der Waals surface area contributed by atoms with Crippen LogP contribution in [0.4, 0.5) is 0 Å². The third kappa shape index (κ3) is 2.95. The first kappa shape index (κ1) is 14.5. The summed E-state index contributed by atoms with van der Waals surface area (Å²) < 4.78 is 5.60. The summed E-state index contributed by atoms with van der Waals surface area (Å²) in [5.74, 6) is 0.935. The molecule has 0 radical (unpaired) electrons. The van der Waals surface area contributed by atoms with Gasteiger partial charge in [0.15, 0.2) is 0 Å². The van der Waals surface area contributed by atoms with Crippen molar-refractivity contribution in [2.45, 2.75) is 19.0 Å². The smallest absolute Gasteiger partial charge is 0.127 e. The van der Waals surface area contributed by atoms with Crippen molar-refractivity contribution in [2.24, 2.45) is 0 Å². The maximum atomic E-state index is 9.47. The Kier molecular flexibility index (Phi) is 3.98. The number of ether oxygens (including phenoxy) is 1. The number of phenolic OH excluding ortho intramolecular Hbond substituents is 1. The molecule has 0 saturated carbocycles. The molecule has 3 nitrogen and oxygen atoms in total. The molecule has 2 aromatic rings. The highest BCUT2D eigenvalue weighted by molar-refractivity contribution is 6.35. The zero-order valence-electron chi connectivity index (χ0n) is 11.4. The Labute approximate surface area is 133 Å². The van der Waals surface area contributed by atoms with E-state index >= 15 is 0 Å². The van der Waals surface area contributed by atoms with E-state index in [4.69, 9.17) is 27.9 Å². The molecule has 0 aliphatic carbocycles. The first-order chi connectivity index (χ1) is 10.0. The minimum atomic E-state index is 0.0584. The van der Waals surface area contributed by atoms with Gasteiger partial charge < -0.3 is 15.2 Å². The Morgan fingerprint density at radius 3 is 2.81 bits per heavy atom. The van der Waals surface area contributed by atoms with Crippen LogP contribution in [0.3, 0.4) is 0 Å². The summed E-state index contributed by atoms with van der Waals surface area (Å²) in [6.07, 6.45) is 0. The van der Waals surface area contributed by atoms with Crippen LogP contribution >= 0.6 is 23.2 Å². The zero-order valence-corrected chi connectivity index (χ0v) is 12.9. The number of hydrogen-bond donors (Lipinski definition) is 2. The van der Waals surface area contributed by atoms with Crippen molar-refractivity contribution in [1.29, 1.82) is 0 Å². The van der Waals surface area contributed by atoms with E-state index in [-0.39, 0.29) is 17.8 Å². The summed E-state index contributed by atoms with van der Waals surface area (Å²) in [7, 11) is 0. The van der Waals surface area contributed by atoms with Gasteiger partial charge in [0.25, 0.3) is 0 Å². The number of nitrogens with one attached hydrogen (secondary N) is 1. The lowest BCUT2D eigenvalue weighted by molar-refractivity contribution is 0.300. The predicted octanol–water partition coefficient (Wildman–Crippen LogP) is 4.48. The average molecular weight is 324 g/mol. The van der Waals surface area contributed by atoms with Crippen molar-refractivity contribution < 1.29 is 9.84 Å². The lowest BCUT2D eigenvalue weighted by Gasteiger charge is -2.20. The van der Waals surface area contributed by atoms with Crippen molar-refractivity contribution >= 4 is 23.2 Å². The third-order valence-electron chi connectivity index (χ3n) is 3.66.